The highest BCUT2D eigenvalue weighted by atomic mass is 127. The first-order valence-corrected chi connectivity index (χ1v) is 10.2. The molecule has 2 aliphatic rings. The zero-order chi connectivity index (χ0) is 19.6. The van der Waals surface area contributed by atoms with E-state index in [4.69, 9.17) is 14.2 Å². The number of morpholine rings is 1. The molecular weight excluding hydrogens is 483 g/mol. The highest BCUT2D eigenvalue weighted by molar-refractivity contribution is 14.0. The van der Waals surface area contributed by atoms with Crippen LogP contribution in [0.2, 0.25) is 0 Å². The van der Waals surface area contributed by atoms with Crippen molar-refractivity contribution in [3.8, 4) is 0 Å². The molecule has 0 amide bonds. The van der Waals surface area contributed by atoms with E-state index in [1.165, 1.54) is 5.56 Å². The van der Waals surface area contributed by atoms with E-state index in [0.717, 1.165) is 58.3 Å². The zero-order valence-corrected chi connectivity index (χ0v) is 19.9. The molecule has 1 aromatic carbocycles. The van der Waals surface area contributed by atoms with Crippen LogP contribution in [0, 0.1) is 0 Å². The highest BCUT2D eigenvalue weighted by Gasteiger charge is 2.41. The van der Waals surface area contributed by atoms with Gasteiger partial charge in [0.2, 0.25) is 0 Å². The Morgan fingerprint density at radius 3 is 2.79 bits per heavy atom. The zero-order valence-electron chi connectivity index (χ0n) is 17.6. The molecule has 1 N–H and O–H groups in total. The van der Waals surface area contributed by atoms with Crippen molar-refractivity contribution in [2.75, 3.05) is 66.8 Å². The molecule has 0 spiro atoms. The highest BCUT2D eigenvalue weighted by Crippen LogP contribution is 2.24. The van der Waals surface area contributed by atoms with Gasteiger partial charge in [0, 0.05) is 53.5 Å². The number of aliphatic imine (C=N–C) groups is 1. The van der Waals surface area contributed by atoms with Crippen LogP contribution in [-0.4, -0.2) is 94.7 Å². The van der Waals surface area contributed by atoms with E-state index in [9.17, 15) is 0 Å². The largest absolute Gasteiger partial charge is 0.382 e. The van der Waals surface area contributed by atoms with E-state index in [-0.39, 0.29) is 30.1 Å². The number of benzene rings is 1. The Labute approximate surface area is 191 Å². The first-order chi connectivity index (χ1) is 13.8. The summed E-state index contributed by atoms with van der Waals surface area (Å²) in [6, 6.07) is 11.1. The molecule has 8 heteroatoms. The van der Waals surface area contributed by atoms with Crippen LogP contribution in [0.4, 0.5) is 0 Å². The SMILES string of the molecule is CN=C(NCCCOCCOC)N1CC2OCCN(Cc3ccccc3)C2C1.I. The summed E-state index contributed by atoms with van der Waals surface area (Å²) < 4.78 is 16.6. The summed E-state index contributed by atoms with van der Waals surface area (Å²) in [4.78, 5) is 9.36. The molecular formula is C21H35IN4O3. The second-order valence-corrected chi connectivity index (χ2v) is 7.27. The Morgan fingerprint density at radius 2 is 2.03 bits per heavy atom. The van der Waals surface area contributed by atoms with Crippen LogP contribution < -0.4 is 5.32 Å². The Kier molecular flexibility index (Phi) is 11.2. The number of methoxy groups -OCH3 is 1. The predicted octanol–water partition coefficient (Wildman–Crippen LogP) is 1.82. The molecule has 2 heterocycles. The smallest absolute Gasteiger partial charge is 0.193 e. The molecule has 164 valence electrons. The number of nitrogens with zero attached hydrogens (tertiary/aromatic N) is 3. The number of likely N-dealkylation sites (tertiary alicyclic amines) is 1. The quantitative estimate of drug-likeness (QED) is 0.233. The molecule has 2 saturated heterocycles. The fourth-order valence-corrected chi connectivity index (χ4v) is 3.90. The number of guanidine groups is 1. The third kappa shape index (κ3) is 7.36. The van der Waals surface area contributed by atoms with Gasteiger partial charge in [-0.3, -0.25) is 9.89 Å². The Bertz CT molecular complexity index is 605. The average molecular weight is 518 g/mol. The number of ether oxygens (including phenoxy) is 3. The molecule has 3 rings (SSSR count). The predicted molar refractivity (Wildman–Crippen MR) is 126 cm³/mol. The number of rotatable bonds is 9. The van der Waals surface area contributed by atoms with Crippen LogP contribution in [0.3, 0.4) is 0 Å². The van der Waals surface area contributed by atoms with Gasteiger partial charge in [-0.25, -0.2) is 0 Å². The molecule has 0 radical (unpaired) electrons. The monoisotopic (exact) mass is 518 g/mol. The molecule has 2 unspecified atom stereocenters. The van der Waals surface area contributed by atoms with Crippen molar-refractivity contribution in [3.05, 3.63) is 35.9 Å². The van der Waals surface area contributed by atoms with Crippen molar-refractivity contribution in [2.45, 2.75) is 25.1 Å². The second kappa shape index (κ2) is 13.4. The third-order valence-corrected chi connectivity index (χ3v) is 5.34. The fraction of sp³-hybridized carbons (Fsp3) is 0.667. The maximum Gasteiger partial charge on any atom is 0.193 e. The van der Waals surface area contributed by atoms with Gasteiger partial charge >= 0.3 is 0 Å². The Morgan fingerprint density at radius 1 is 1.21 bits per heavy atom. The van der Waals surface area contributed by atoms with Gasteiger partial charge in [0.15, 0.2) is 5.96 Å². The van der Waals surface area contributed by atoms with E-state index < -0.39 is 0 Å². The minimum Gasteiger partial charge on any atom is -0.382 e. The van der Waals surface area contributed by atoms with Crippen molar-refractivity contribution in [1.29, 1.82) is 0 Å². The average Bonchev–Trinajstić information content (AvgIpc) is 3.16. The maximum atomic E-state index is 6.08. The summed E-state index contributed by atoms with van der Waals surface area (Å²) in [7, 11) is 3.54. The van der Waals surface area contributed by atoms with Gasteiger partial charge in [-0.05, 0) is 12.0 Å². The first kappa shape index (κ1) is 24.3. The van der Waals surface area contributed by atoms with Crippen molar-refractivity contribution in [2.24, 2.45) is 4.99 Å². The van der Waals surface area contributed by atoms with Gasteiger partial charge < -0.3 is 24.4 Å². The van der Waals surface area contributed by atoms with Gasteiger partial charge in [0.05, 0.1) is 32.0 Å². The van der Waals surface area contributed by atoms with E-state index in [1.807, 2.05) is 7.05 Å². The van der Waals surface area contributed by atoms with E-state index in [2.05, 4.69) is 50.4 Å². The molecule has 2 atom stereocenters. The minimum absolute atomic E-state index is 0. The Hall–Kier alpha value is -0.940. The fourth-order valence-electron chi connectivity index (χ4n) is 3.90. The van der Waals surface area contributed by atoms with Crippen LogP contribution in [0.25, 0.3) is 0 Å². The van der Waals surface area contributed by atoms with Crippen LogP contribution in [0.15, 0.2) is 35.3 Å². The summed E-state index contributed by atoms with van der Waals surface area (Å²) in [6.07, 6.45) is 1.19. The summed E-state index contributed by atoms with van der Waals surface area (Å²) in [5.74, 6) is 0.953. The molecule has 7 nitrogen and oxygen atoms in total. The molecule has 29 heavy (non-hydrogen) atoms. The van der Waals surface area contributed by atoms with Crippen molar-refractivity contribution in [3.63, 3.8) is 0 Å². The lowest BCUT2D eigenvalue weighted by atomic mass is 10.1. The lowest BCUT2D eigenvalue weighted by molar-refractivity contribution is -0.0502. The first-order valence-electron chi connectivity index (χ1n) is 10.2. The van der Waals surface area contributed by atoms with E-state index >= 15 is 0 Å². The van der Waals surface area contributed by atoms with E-state index in [0.29, 0.717) is 19.3 Å². The van der Waals surface area contributed by atoms with Crippen LogP contribution in [-0.2, 0) is 20.8 Å². The van der Waals surface area contributed by atoms with Gasteiger partial charge in [-0.2, -0.15) is 0 Å². The normalized spacial score (nSPS) is 22.3. The van der Waals surface area contributed by atoms with Crippen LogP contribution in [0.5, 0.6) is 0 Å². The molecule has 2 fully saturated rings. The van der Waals surface area contributed by atoms with E-state index in [1.54, 1.807) is 7.11 Å². The number of nitrogens with one attached hydrogen (secondary N) is 1. The van der Waals surface area contributed by atoms with Gasteiger partial charge in [-0.15, -0.1) is 24.0 Å². The molecule has 0 bridgehead atoms. The standard InChI is InChI=1S/C21H34N4O3.HI/c1-22-21(23-9-6-11-27-14-13-26-2)25-16-19-20(17-25)28-12-10-24(19)15-18-7-4-3-5-8-18;/h3-5,7-8,19-20H,6,9-17H2,1-2H3,(H,22,23);1H. The van der Waals surface area contributed by atoms with Crippen LogP contribution >= 0.6 is 24.0 Å². The topological polar surface area (TPSA) is 58.6 Å². The lowest BCUT2D eigenvalue weighted by Crippen LogP contribution is -2.50. The maximum absolute atomic E-state index is 6.08. The van der Waals surface area contributed by atoms with Gasteiger partial charge in [0.1, 0.15) is 0 Å². The summed E-state index contributed by atoms with van der Waals surface area (Å²) in [5, 5.41) is 3.47. The molecule has 1 aromatic rings. The third-order valence-electron chi connectivity index (χ3n) is 5.34. The van der Waals surface area contributed by atoms with Gasteiger partial charge in [-0.1, -0.05) is 30.3 Å². The van der Waals surface area contributed by atoms with Gasteiger partial charge in [0.25, 0.3) is 0 Å². The van der Waals surface area contributed by atoms with Crippen molar-refractivity contribution < 1.29 is 14.2 Å². The number of hydrogen-bond donors (Lipinski definition) is 1. The number of fused-ring (bicyclic) bond motifs is 1. The molecule has 0 aliphatic carbocycles. The van der Waals surface area contributed by atoms with Crippen molar-refractivity contribution >= 4 is 29.9 Å². The second-order valence-electron chi connectivity index (χ2n) is 7.27. The molecule has 0 saturated carbocycles. The Balaban J connectivity index is 0.00000300. The van der Waals surface area contributed by atoms with Crippen molar-refractivity contribution in [1.82, 2.24) is 15.1 Å². The summed E-state index contributed by atoms with van der Waals surface area (Å²) in [5.41, 5.74) is 1.36. The number of halogens is 1. The molecule has 0 aromatic heterocycles. The van der Waals surface area contributed by atoms with Crippen LogP contribution in [0.1, 0.15) is 12.0 Å². The lowest BCUT2D eigenvalue weighted by Gasteiger charge is -2.36. The minimum atomic E-state index is 0. The summed E-state index contributed by atoms with van der Waals surface area (Å²) >= 11 is 0. The molecule has 2 aliphatic heterocycles. The summed E-state index contributed by atoms with van der Waals surface area (Å²) in [6.45, 7) is 7.46. The number of hydrogen-bond acceptors (Lipinski definition) is 5.